The summed E-state index contributed by atoms with van der Waals surface area (Å²) in [6.45, 7) is 2.18. The number of halogens is 1. The van der Waals surface area contributed by atoms with Crippen molar-refractivity contribution in [1.29, 1.82) is 0 Å². The number of hydrogen-bond donors (Lipinski definition) is 4. The van der Waals surface area contributed by atoms with Crippen molar-refractivity contribution in [3.8, 4) is 0 Å². The Labute approximate surface area is 185 Å². The third-order valence-electron chi connectivity index (χ3n) is 4.46. The van der Waals surface area contributed by atoms with Gasteiger partial charge in [-0.1, -0.05) is 18.2 Å². The van der Waals surface area contributed by atoms with Gasteiger partial charge in [0.15, 0.2) is 5.96 Å². The van der Waals surface area contributed by atoms with Gasteiger partial charge in [-0.05, 0) is 38.0 Å². The number of anilines is 1. The number of rotatable bonds is 11. The minimum atomic E-state index is -4.05. The third-order valence-corrected chi connectivity index (χ3v) is 5.69. The molecule has 0 bridgehead atoms. The first kappa shape index (κ1) is 24.9. The first-order valence-electron chi connectivity index (χ1n) is 9.85. The Hall–Kier alpha value is -3.41. The zero-order chi connectivity index (χ0) is 23.7. The fourth-order valence-electron chi connectivity index (χ4n) is 2.84. The van der Waals surface area contributed by atoms with Crippen LogP contribution in [0.5, 0.6) is 0 Å². The number of pyridine rings is 1. The van der Waals surface area contributed by atoms with Crippen molar-refractivity contribution in [3.05, 3.63) is 63.8 Å². The van der Waals surface area contributed by atoms with Gasteiger partial charge in [0.05, 0.1) is 5.75 Å². The zero-order valence-corrected chi connectivity index (χ0v) is 18.5. The van der Waals surface area contributed by atoms with E-state index in [0.717, 1.165) is 10.6 Å². The van der Waals surface area contributed by atoms with E-state index >= 15 is 0 Å². The van der Waals surface area contributed by atoms with Gasteiger partial charge < -0.3 is 21.4 Å². The van der Waals surface area contributed by atoms with E-state index in [1.807, 2.05) is 0 Å². The summed E-state index contributed by atoms with van der Waals surface area (Å²) in [6.07, 6.45) is 1.32. The minimum absolute atomic E-state index is 0.00768. The maximum Gasteiger partial charge on any atom is 0.275 e. The number of nitrogens with one attached hydrogen (secondary N) is 2. The molecule has 0 radical (unpaired) electrons. The summed E-state index contributed by atoms with van der Waals surface area (Å²) in [5, 5.41) is 2.69. The van der Waals surface area contributed by atoms with Crippen molar-refractivity contribution in [2.45, 2.75) is 32.1 Å². The fourth-order valence-corrected chi connectivity index (χ4v) is 4.05. The molecule has 0 atom stereocenters. The van der Waals surface area contributed by atoms with Crippen molar-refractivity contribution >= 4 is 27.6 Å². The largest absolute Gasteiger partial charge is 0.370 e. The summed E-state index contributed by atoms with van der Waals surface area (Å²) in [6, 6.07) is 8.31. The third kappa shape index (κ3) is 7.69. The molecule has 0 aliphatic heterocycles. The highest BCUT2D eigenvalue weighted by Gasteiger charge is 2.18. The number of aromatic nitrogens is 1. The van der Waals surface area contributed by atoms with Crippen molar-refractivity contribution in [3.63, 3.8) is 0 Å². The van der Waals surface area contributed by atoms with Crippen molar-refractivity contribution in [2.75, 3.05) is 17.8 Å². The van der Waals surface area contributed by atoms with E-state index in [-0.39, 0.29) is 23.8 Å². The number of nitrogens with zero attached hydrogens (tertiary/aromatic N) is 2. The normalized spacial score (nSPS) is 11.1. The van der Waals surface area contributed by atoms with E-state index in [9.17, 15) is 22.4 Å². The van der Waals surface area contributed by atoms with Gasteiger partial charge in [0, 0.05) is 24.3 Å². The highest BCUT2D eigenvalue weighted by Crippen LogP contribution is 2.13. The molecule has 0 saturated carbocycles. The molecule has 0 aliphatic carbocycles. The molecule has 0 spiro atoms. The Balaban J connectivity index is 2.02. The molecule has 0 unspecified atom stereocenters. The molecule has 2 aromatic rings. The second-order valence-corrected chi connectivity index (χ2v) is 8.82. The number of aliphatic imine (C=N–C) groups is 1. The van der Waals surface area contributed by atoms with Gasteiger partial charge in [-0.25, -0.2) is 12.8 Å². The molecule has 1 aromatic heterocycles. The standard InChI is InChI=1S/C20H27FN6O4S/c1-14-8-9-17(26-32(30,31)13-15-6-2-3-7-16(15)21)19(29)27(14)12-18(28)24-10-4-5-11-25-20(22)23/h2-3,6-9,26H,4-5,10-13H2,1H3,(H,24,28)(H4,22,23,25). The van der Waals surface area contributed by atoms with Crippen LogP contribution < -0.4 is 27.1 Å². The van der Waals surface area contributed by atoms with E-state index in [1.54, 1.807) is 6.92 Å². The van der Waals surface area contributed by atoms with Crippen LogP contribution in [-0.2, 0) is 27.1 Å². The summed E-state index contributed by atoms with van der Waals surface area (Å²) >= 11 is 0. The molecule has 1 amide bonds. The van der Waals surface area contributed by atoms with Gasteiger partial charge in [0.2, 0.25) is 15.9 Å². The molecular weight excluding hydrogens is 439 g/mol. The quantitative estimate of drug-likeness (QED) is 0.213. The molecule has 0 saturated heterocycles. The van der Waals surface area contributed by atoms with Crippen LogP contribution in [0.15, 0.2) is 46.2 Å². The number of hydrogen-bond acceptors (Lipinski definition) is 5. The number of benzene rings is 1. The summed E-state index contributed by atoms with van der Waals surface area (Å²) in [5.74, 6) is -1.68. The monoisotopic (exact) mass is 466 g/mol. The van der Waals surface area contributed by atoms with Crippen LogP contribution in [-0.4, -0.2) is 37.9 Å². The van der Waals surface area contributed by atoms with Gasteiger partial charge in [-0.2, -0.15) is 0 Å². The van der Waals surface area contributed by atoms with Crippen LogP contribution in [0.25, 0.3) is 0 Å². The molecular formula is C20H27FN6O4S. The zero-order valence-electron chi connectivity index (χ0n) is 17.7. The van der Waals surface area contributed by atoms with E-state index in [0.29, 0.717) is 31.6 Å². The average molecular weight is 467 g/mol. The average Bonchev–Trinajstić information content (AvgIpc) is 2.71. The van der Waals surface area contributed by atoms with Crippen LogP contribution >= 0.6 is 0 Å². The number of unbranched alkanes of at least 4 members (excludes halogenated alkanes) is 1. The Bertz CT molecular complexity index is 1140. The van der Waals surface area contributed by atoms with Crippen LogP contribution in [0.3, 0.4) is 0 Å². The Kier molecular flexibility index (Phi) is 8.76. The lowest BCUT2D eigenvalue weighted by molar-refractivity contribution is -0.121. The van der Waals surface area contributed by atoms with E-state index in [2.05, 4.69) is 15.0 Å². The predicted octanol–water partition coefficient (Wildman–Crippen LogP) is 0.408. The van der Waals surface area contributed by atoms with Crippen molar-refractivity contribution in [1.82, 2.24) is 9.88 Å². The van der Waals surface area contributed by atoms with E-state index in [4.69, 9.17) is 11.5 Å². The maximum atomic E-state index is 13.8. The highest BCUT2D eigenvalue weighted by atomic mass is 32.2. The molecule has 32 heavy (non-hydrogen) atoms. The van der Waals surface area contributed by atoms with E-state index < -0.39 is 33.1 Å². The lowest BCUT2D eigenvalue weighted by atomic mass is 10.2. The predicted molar refractivity (Wildman–Crippen MR) is 121 cm³/mol. The maximum absolute atomic E-state index is 13.8. The van der Waals surface area contributed by atoms with Crippen molar-refractivity contribution < 1.29 is 17.6 Å². The van der Waals surface area contributed by atoms with Crippen LogP contribution in [0, 0.1) is 12.7 Å². The first-order valence-corrected chi connectivity index (χ1v) is 11.5. The minimum Gasteiger partial charge on any atom is -0.370 e. The van der Waals surface area contributed by atoms with Crippen LogP contribution in [0.4, 0.5) is 10.1 Å². The molecule has 0 fully saturated rings. The van der Waals surface area contributed by atoms with Crippen molar-refractivity contribution in [2.24, 2.45) is 16.5 Å². The lowest BCUT2D eigenvalue weighted by Crippen LogP contribution is -2.35. The number of nitrogens with two attached hydrogens (primary N) is 2. The molecule has 1 heterocycles. The van der Waals surface area contributed by atoms with Gasteiger partial charge in [0.1, 0.15) is 18.0 Å². The second-order valence-electron chi connectivity index (χ2n) is 7.10. The summed E-state index contributed by atoms with van der Waals surface area (Å²) < 4.78 is 42.0. The SMILES string of the molecule is Cc1ccc(NS(=O)(=O)Cc2ccccc2F)c(=O)n1CC(=O)NCCCCN=C(N)N. The van der Waals surface area contributed by atoms with Gasteiger partial charge >= 0.3 is 0 Å². The number of carbonyl (C=O) groups is 1. The fraction of sp³-hybridized carbons (Fsp3) is 0.350. The summed E-state index contributed by atoms with van der Waals surface area (Å²) in [4.78, 5) is 28.8. The Morgan fingerprint density at radius 1 is 1.16 bits per heavy atom. The molecule has 2 rings (SSSR count). The van der Waals surface area contributed by atoms with Gasteiger partial charge in [-0.3, -0.25) is 19.3 Å². The molecule has 0 aliphatic rings. The molecule has 174 valence electrons. The highest BCUT2D eigenvalue weighted by molar-refractivity contribution is 7.91. The lowest BCUT2D eigenvalue weighted by Gasteiger charge is -2.14. The number of carbonyl (C=O) groups excluding carboxylic acids is 1. The number of aryl methyl sites for hydroxylation is 1. The number of guanidine groups is 1. The smallest absolute Gasteiger partial charge is 0.275 e. The number of sulfonamides is 1. The Morgan fingerprint density at radius 3 is 2.56 bits per heavy atom. The molecule has 12 heteroatoms. The number of amides is 1. The molecule has 1 aromatic carbocycles. The second kappa shape index (κ2) is 11.3. The van der Waals surface area contributed by atoms with Gasteiger partial charge in [-0.15, -0.1) is 0 Å². The molecule has 10 nitrogen and oxygen atoms in total. The summed E-state index contributed by atoms with van der Waals surface area (Å²) in [7, 11) is -4.05. The topological polar surface area (TPSA) is 162 Å². The summed E-state index contributed by atoms with van der Waals surface area (Å²) in [5.41, 5.74) is 10.0. The van der Waals surface area contributed by atoms with Crippen LogP contribution in [0.2, 0.25) is 0 Å². The van der Waals surface area contributed by atoms with E-state index in [1.165, 1.54) is 30.3 Å². The Morgan fingerprint density at radius 2 is 1.88 bits per heavy atom. The van der Waals surface area contributed by atoms with Gasteiger partial charge in [0.25, 0.3) is 5.56 Å². The van der Waals surface area contributed by atoms with Crippen LogP contribution in [0.1, 0.15) is 24.1 Å². The first-order chi connectivity index (χ1) is 15.1. The molecule has 6 N–H and O–H groups in total.